The van der Waals surface area contributed by atoms with Gasteiger partial charge in [-0.3, -0.25) is 14.9 Å². The van der Waals surface area contributed by atoms with Crippen LogP contribution in [0.3, 0.4) is 0 Å². The van der Waals surface area contributed by atoms with E-state index in [2.05, 4.69) is 5.32 Å². The van der Waals surface area contributed by atoms with Crippen molar-refractivity contribution in [2.75, 3.05) is 19.0 Å². The summed E-state index contributed by atoms with van der Waals surface area (Å²) in [7, 11) is 1.30. The molecule has 2 aromatic rings. The first-order valence-corrected chi connectivity index (χ1v) is 8.09. The van der Waals surface area contributed by atoms with Crippen LogP contribution in [-0.2, 0) is 9.53 Å². The minimum Gasteiger partial charge on any atom is -0.490 e. The summed E-state index contributed by atoms with van der Waals surface area (Å²) in [6.07, 6.45) is 0. The molecule has 0 radical (unpaired) electrons. The van der Waals surface area contributed by atoms with Crippen LogP contribution in [0.25, 0.3) is 0 Å². The number of esters is 1. The van der Waals surface area contributed by atoms with Crippen LogP contribution in [0.4, 0.5) is 11.4 Å². The van der Waals surface area contributed by atoms with Crippen LogP contribution in [0.1, 0.15) is 27.0 Å². The minimum absolute atomic E-state index is 0.0214. The second-order valence-electron chi connectivity index (χ2n) is 6.10. The largest absolute Gasteiger partial charge is 0.490 e. The van der Waals surface area contributed by atoms with E-state index in [4.69, 9.17) is 9.47 Å². The van der Waals surface area contributed by atoms with Crippen molar-refractivity contribution in [1.82, 2.24) is 0 Å². The van der Waals surface area contributed by atoms with E-state index in [1.54, 1.807) is 19.1 Å². The lowest BCUT2D eigenvalue weighted by Gasteiger charge is -2.11. The van der Waals surface area contributed by atoms with Gasteiger partial charge >= 0.3 is 11.7 Å². The molecule has 0 atom stereocenters. The zero-order valence-corrected chi connectivity index (χ0v) is 15.5. The molecular formula is C19H20N2O6. The molecule has 0 bridgehead atoms. The average molecular weight is 372 g/mol. The number of carbonyl (C=O) groups excluding carboxylic acids is 2. The standard InChI is InChI=1S/C19H20N2O6/c1-11-5-12(2)7-14(6-11)19(23)27-10-18(22)20-15-9-17(26-4)16(21(24)25)8-13(15)3/h5-9H,10H2,1-4H3,(H,20,22). The Balaban J connectivity index is 2.05. The van der Waals surface area contributed by atoms with Gasteiger partial charge in [0.2, 0.25) is 0 Å². The Morgan fingerprint density at radius 3 is 2.26 bits per heavy atom. The fraction of sp³-hybridized carbons (Fsp3) is 0.263. The summed E-state index contributed by atoms with van der Waals surface area (Å²) in [6, 6.07) is 7.94. The molecule has 0 spiro atoms. The van der Waals surface area contributed by atoms with Crippen molar-refractivity contribution < 1.29 is 24.0 Å². The Morgan fingerprint density at radius 1 is 1.07 bits per heavy atom. The zero-order chi connectivity index (χ0) is 20.1. The molecule has 142 valence electrons. The molecule has 0 aromatic heterocycles. The van der Waals surface area contributed by atoms with E-state index in [9.17, 15) is 19.7 Å². The van der Waals surface area contributed by atoms with Gasteiger partial charge in [0, 0.05) is 17.8 Å². The number of nitro benzene ring substituents is 1. The van der Waals surface area contributed by atoms with Gasteiger partial charge in [-0.05, 0) is 38.5 Å². The third kappa shape index (κ3) is 5.04. The number of rotatable bonds is 6. The monoisotopic (exact) mass is 372 g/mol. The lowest BCUT2D eigenvalue weighted by atomic mass is 10.1. The highest BCUT2D eigenvalue weighted by molar-refractivity contribution is 5.96. The van der Waals surface area contributed by atoms with Crippen molar-refractivity contribution >= 4 is 23.3 Å². The number of ether oxygens (including phenoxy) is 2. The topological polar surface area (TPSA) is 108 Å². The van der Waals surface area contributed by atoms with Crippen LogP contribution >= 0.6 is 0 Å². The van der Waals surface area contributed by atoms with E-state index in [1.807, 2.05) is 19.9 Å². The molecule has 1 N–H and O–H groups in total. The van der Waals surface area contributed by atoms with Gasteiger partial charge in [0.05, 0.1) is 17.6 Å². The van der Waals surface area contributed by atoms with Gasteiger partial charge in [0.1, 0.15) is 0 Å². The summed E-state index contributed by atoms with van der Waals surface area (Å²) in [4.78, 5) is 34.6. The Labute approximate surface area is 156 Å². The maximum absolute atomic E-state index is 12.1. The molecule has 1 amide bonds. The molecule has 0 aliphatic carbocycles. The first kappa shape index (κ1) is 19.9. The lowest BCUT2D eigenvalue weighted by molar-refractivity contribution is -0.385. The van der Waals surface area contributed by atoms with Gasteiger partial charge in [0.15, 0.2) is 12.4 Å². The Kier molecular flexibility index (Phi) is 6.12. The van der Waals surface area contributed by atoms with Gasteiger partial charge in [-0.15, -0.1) is 0 Å². The highest BCUT2D eigenvalue weighted by atomic mass is 16.6. The molecule has 0 fully saturated rings. The fourth-order valence-corrected chi connectivity index (χ4v) is 2.61. The first-order chi connectivity index (χ1) is 12.7. The first-order valence-electron chi connectivity index (χ1n) is 8.09. The zero-order valence-electron chi connectivity index (χ0n) is 15.5. The molecule has 2 rings (SSSR count). The number of anilines is 1. The van der Waals surface area contributed by atoms with Gasteiger partial charge in [0.25, 0.3) is 5.91 Å². The van der Waals surface area contributed by atoms with Gasteiger partial charge in [-0.1, -0.05) is 17.2 Å². The van der Waals surface area contributed by atoms with E-state index >= 15 is 0 Å². The smallest absolute Gasteiger partial charge is 0.338 e. The molecule has 0 saturated heterocycles. The van der Waals surface area contributed by atoms with Crippen molar-refractivity contribution in [3.63, 3.8) is 0 Å². The quantitative estimate of drug-likeness (QED) is 0.473. The predicted molar refractivity (Wildman–Crippen MR) is 99.2 cm³/mol. The van der Waals surface area contributed by atoms with Crippen molar-refractivity contribution in [3.05, 3.63) is 62.7 Å². The summed E-state index contributed by atoms with van der Waals surface area (Å²) in [5.41, 5.74) is 2.82. The normalized spacial score (nSPS) is 10.2. The summed E-state index contributed by atoms with van der Waals surface area (Å²) in [5.74, 6) is -1.14. The molecule has 0 aliphatic rings. The number of nitro groups is 1. The number of nitrogens with zero attached hydrogens (tertiary/aromatic N) is 1. The van der Waals surface area contributed by atoms with Crippen molar-refractivity contribution in [2.45, 2.75) is 20.8 Å². The number of hydrogen-bond acceptors (Lipinski definition) is 6. The summed E-state index contributed by atoms with van der Waals surface area (Å²) in [5, 5.41) is 13.6. The average Bonchev–Trinajstić information content (AvgIpc) is 2.60. The van der Waals surface area contributed by atoms with Crippen LogP contribution in [0.5, 0.6) is 5.75 Å². The predicted octanol–water partition coefficient (Wildman–Crippen LogP) is 3.32. The number of benzene rings is 2. The van der Waals surface area contributed by atoms with E-state index < -0.39 is 23.4 Å². The Hall–Kier alpha value is -3.42. The van der Waals surface area contributed by atoms with Crippen LogP contribution in [-0.4, -0.2) is 30.5 Å². The van der Waals surface area contributed by atoms with E-state index in [-0.39, 0.29) is 11.4 Å². The highest BCUT2D eigenvalue weighted by Gasteiger charge is 2.19. The molecule has 2 aromatic carbocycles. The number of nitrogens with one attached hydrogen (secondary N) is 1. The molecule has 8 nitrogen and oxygen atoms in total. The lowest BCUT2D eigenvalue weighted by Crippen LogP contribution is -2.21. The second kappa shape index (κ2) is 8.31. The fourth-order valence-electron chi connectivity index (χ4n) is 2.61. The third-order valence-electron chi connectivity index (χ3n) is 3.79. The van der Waals surface area contributed by atoms with Gasteiger partial charge in [-0.2, -0.15) is 0 Å². The maximum Gasteiger partial charge on any atom is 0.338 e. The summed E-state index contributed by atoms with van der Waals surface area (Å²) < 4.78 is 10.0. The van der Waals surface area contributed by atoms with Crippen LogP contribution in [0, 0.1) is 30.9 Å². The summed E-state index contributed by atoms with van der Waals surface area (Å²) in [6.45, 7) is 4.86. The van der Waals surface area contributed by atoms with E-state index in [1.165, 1.54) is 19.2 Å². The highest BCUT2D eigenvalue weighted by Crippen LogP contribution is 2.32. The van der Waals surface area contributed by atoms with Gasteiger partial charge in [-0.25, -0.2) is 4.79 Å². The van der Waals surface area contributed by atoms with Crippen LogP contribution in [0.15, 0.2) is 30.3 Å². The van der Waals surface area contributed by atoms with Crippen LogP contribution in [0.2, 0.25) is 0 Å². The number of carbonyl (C=O) groups is 2. The minimum atomic E-state index is -0.602. The number of amides is 1. The number of aryl methyl sites for hydroxylation is 3. The summed E-state index contributed by atoms with van der Waals surface area (Å²) >= 11 is 0. The molecule has 0 saturated carbocycles. The van der Waals surface area contributed by atoms with E-state index in [0.29, 0.717) is 16.8 Å². The second-order valence-corrected chi connectivity index (χ2v) is 6.10. The molecule has 0 heterocycles. The molecular weight excluding hydrogens is 352 g/mol. The van der Waals surface area contributed by atoms with E-state index in [0.717, 1.165) is 11.1 Å². The molecule has 8 heteroatoms. The van der Waals surface area contributed by atoms with Crippen LogP contribution < -0.4 is 10.1 Å². The molecule has 0 aliphatic heterocycles. The third-order valence-corrected chi connectivity index (χ3v) is 3.79. The molecule has 27 heavy (non-hydrogen) atoms. The number of hydrogen-bond donors (Lipinski definition) is 1. The van der Waals surface area contributed by atoms with Crippen molar-refractivity contribution in [2.24, 2.45) is 0 Å². The Bertz CT molecular complexity index is 887. The van der Waals surface area contributed by atoms with Gasteiger partial charge < -0.3 is 14.8 Å². The SMILES string of the molecule is COc1cc(NC(=O)COC(=O)c2cc(C)cc(C)c2)c(C)cc1[N+](=O)[O-]. The van der Waals surface area contributed by atoms with Crippen molar-refractivity contribution in [1.29, 1.82) is 0 Å². The van der Waals surface area contributed by atoms with Crippen molar-refractivity contribution in [3.8, 4) is 5.75 Å². The Morgan fingerprint density at radius 2 is 1.70 bits per heavy atom. The maximum atomic E-state index is 12.1. The molecule has 0 unspecified atom stereocenters. The number of methoxy groups -OCH3 is 1.